The molecule has 1 aromatic heterocycles. The Balaban J connectivity index is 1.76. The summed E-state index contributed by atoms with van der Waals surface area (Å²) in [6.07, 6.45) is 3.17. The number of carbonyl (C=O) groups excluding carboxylic acids is 1. The summed E-state index contributed by atoms with van der Waals surface area (Å²) < 4.78 is 14.8. The Hall–Kier alpha value is -2.95. The Morgan fingerprint density at radius 3 is 2.56 bits per heavy atom. The first kappa shape index (κ1) is 15.6. The molecule has 4 rings (SSSR count). The van der Waals surface area contributed by atoms with Crippen LogP contribution < -0.4 is 5.32 Å². The van der Waals surface area contributed by atoms with E-state index in [2.05, 4.69) is 41.6 Å². The highest BCUT2D eigenvalue weighted by Gasteiger charge is 2.30. The van der Waals surface area contributed by atoms with Gasteiger partial charge in [-0.05, 0) is 41.8 Å². The second kappa shape index (κ2) is 6.16. The molecule has 1 atom stereocenters. The average Bonchev–Trinajstić information content (AvgIpc) is 3.05. The summed E-state index contributed by atoms with van der Waals surface area (Å²) in [4.78, 5) is 12.3. The van der Waals surface area contributed by atoms with Crippen molar-refractivity contribution in [2.45, 2.75) is 25.7 Å². The van der Waals surface area contributed by atoms with Crippen molar-refractivity contribution in [3.63, 3.8) is 0 Å². The molecule has 0 saturated carbocycles. The van der Waals surface area contributed by atoms with Crippen LogP contribution in [0.4, 0.5) is 10.2 Å². The van der Waals surface area contributed by atoms with Gasteiger partial charge in [-0.3, -0.25) is 4.79 Å². The summed E-state index contributed by atoms with van der Waals surface area (Å²) >= 11 is 0. The van der Waals surface area contributed by atoms with Crippen LogP contribution in [0.2, 0.25) is 0 Å². The van der Waals surface area contributed by atoms with Crippen molar-refractivity contribution in [1.82, 2.24) is 9.78 Å². The molecule has 5 heteroatoms. The number of aryl methyl sites for hydroxylation is 1. The van der Waals surface area contributed by atoms with Crippen LogP contribution in [0.3, 0.4) is 0 Å². The van der Waals surface area contributed by atoms with Gasteiger partial charge in [0.2, 0.25) is 5.91 Å². The topological polar surface area (TPSA) is 46.9 Å². The number of anilines is 1. The number of nitrogens with one attached hydrogen (secondary N) is 1. The number of halogens is 1. The van der Waals surface area contributed by atoms with Gasteiger partial charge < -0.3 is 5.32 Å². The van der Waals surface area contributed by atoms with Gasteiger partial charge in [-0.1, -0.05) is 31.2 Å². The van der Waals surface area contributed by atoms with E-state index in [9.17, 15) is 9.18 Å². The highest BCUT2D eigenvalue weighted by atomic mass is 19.1. The first-order valence-electron chi connectivity index (χ1n) is 8.38. The van der Waals surface area contributed by atoms with Gasteiger partial charge >= 0.3 is 0 Å². The molecule has 1 aliphatic rings. The molecular formula is C20H18FN3O. The standard InChI is InChI=1S/C20H18FN3O/c1-2-13-3-5-14(6-4-13)17-11-19(25)23-20-18(17)12-22-24(20)16-9-7-15(21)8-10-16/h3-10,12,17H,2,11H2,1H3,(H,23,25)/t17-/m1/s1. The Morgan fingerprint density at radius 1 is 1.16 bits per heavy atom. The molecule has 126 valence electrons. The van der Waals surface area contributed by atoms with Crippen molar-refractivity contribution >= 4 is 11.7 Å². The summed E-state index contributed by atoms with van der Waals surface area (Å²) in [5, 5.41) is 7.33. The smallest absolute Gasteiger partial charge is 0.226 e. The molecule has 1 N–H and O–H groups in total. The number of nitrogens with zero attached hydrogens (tertiary/aromatic N) is 2. The Bertz CT molecular complexity index is 913. The number of fused-ring (bicyclic) bond motifs is 1. The number of benzene rings is 2. The summed E-state index contributed by atoms with van der Waals surface area (Å²) in [5.41, 5.74) is 4.07. The number of hydrogen-bond acceptors (Lipinski definition) is 2. The van der Waals surface area contributed by atoms with Crippen molar-refractivity contribution in [3.05, 3.63) is 77.2 Å². The highest BCUT2D eigenvalue weighted by molar-refractivity contribution is 5.94. The van der Waals surface area contributed by atoms with Gasteiger partial charge in [0, 0.05) is 17.9 Å². The normalized spacial score (nSPS) is 16.4. The fourth-order valence-electron chi connectivity index (χ4n) is 3.28. The number of aromatic nitrogens is 2. The quantitative estimate of drug-likeness (QED) is 0.785. The zero-order valence-electron chi connectivity index (χ0n) is 13.9. The molecule has 1 aliphatic heterocycles. The van der Waals surface area contributed by atoms with Crippen LogP contribution in [0, 0.1) is 5.82 Å². The molecule has 2 aromatic carbocycles. The Kier molecular flexibility index (Phi) is 3.84. The lowest BCUT2D eigenvalue weighted by Crippen LogP contribution is -2.24. The van der Waals surface area contributed by atoms with Crippen LogP contribution in [0.25, 0.3) is 5.69 Å². The zero-order valence-corrected chi connectivity index (χ0v) is 13.9. The third-order valence-electron chi connectivity index (χ3n) is 4.68. The summed E-state index contributed by atoms with van der Waals surface area (Å²) in [7, 11) is 0. The van der Waals surface area contributed by atoms with E-state index in [1.807, 2.05) is 0 Å². The Morgan fingerprint density at radius 2 is 1.88 bits per heavy atom. The molecule has 0 unspecified atom stereocenters. The molecule has 0 radical (unpaired) electrons. The van der Waals surface area contributed by atoms with E-state index >= 15 is 0 Å². The van der Waals surface area contributed by atoms with Crippen molar-refractivity contribution < 1.29 is 9.18 Å². The van der Waals surface area contributed by atoms with Gasteiger partial charge in [-0.25, -0.2) is 9.07 Å². The summed E-state index contributed by atoms with van der Waals surface area (Å²) in [6.45, 7) is 2.12. The second-order valence-electron chi connectivity index (χ2n) is 6.24. The molecule has 0 spiro atoms. The largest absolute Gasteiger partial charge is 0.310 e. The molecule has 0 aliphatic carbocycles. The third-order valence-corrected chi connectivity index (χ3v) is 4.68. The van der Waals surface area contributed by atoms with Gasteiger partial charge in [0.1, 0.15) is 11.6 Å². The average molecular weight is 335 g/mol. The monoisotopic (exact) mass is 335 g/mol. The maximum atomic E-state index is 13.2. The number of rotatable bonds is 3. The maximum absolute atomic E-state index is 13.2. The van der Waals surface area contributed by atoms with Gasteiger partial charge in [0.15, 0.2) is 0 Å². The highest BCUT2D eigenvalue weighted by Crippen LogP contribution is 2.38. The molecule has 25 heavy (non-hydrogen) atoms. The minimum atomic E-state index is -0.303. The van der Waals surface area contributed by atoms with Crippen molar-refractivity contribution in [2.24, 2.45) is 0 Å². The number of amides is 1. The summed E-state index contributed by atoms with van der Waals surface area (Å²) in [5.74, 6) is 0.292. The van der Waals surface area contributed by atoms with Crippen LogP contribution >= 0.6 is 0 Å². The van der Waals surface area contributed by atoms with Crippen LogP contribution in [0.5, 0.6) is 0 Å². The van der Waals surface area contributed by atoms with Crippen molar-refractivity contribution in [1.29, 1.82) is 0 Å². The van der Waals surface area contributed by atoms with E-state index in [0.717, 1.165) is 17.5 Å². The Labute approximate surface area is 145 Å². The van der Waals surface area contributed by atoms with Crippen LogP contribution in [0.15, 0.2) is 54.7 Å². The summed E-state index contributed by atoms with van der Waals surface area (Å²) in [6, 6.07) is 14.4. The molecule has 1 amide bonds. The van der Waals surface area contributed by atoms with E-state index in [0.29, 0.717) is 17.9 Å². The fourth-order valence-corrected chi connectivity index (χ4v) is 3.28. The van der Waals surface area contributed by atoms with E-state index in [1.165, 1.54) is 17.7 Å². The number of hydrogen-bond donors (Lipinski definition) is 1. The van der Waals surface area contributed by atoms with Crippen molar-refractivity contribution in [2.75, 3.05) is 5.32 Å². The molecular weight excluding hydrogens is 317 g/mol. The zero-order chi connectivity index (χ0) is 17.4. The molecule has 3 aromatic rings. The van der Waals surface area contributed by atoms with Gasteiger partial charge in [-0.2, -0.15) is 5.10 Å². The van der Waals surface area contributed by atoms with Crippen LogP contribution in [-0.2, 0) is 11.2 Å². The first-order chi connectivity index (χ1) is 12.2. The van der Waals surface area contributed by atoms with Crippen LogP contribution in [-0.4, -0.2) is 15.7 Å². The van der Waals surface area contributed by atoms with E-state index < -0.39 is 0 Å². The lowest BCUT2D eigenvalue weighted by atomic mass is 9.87. The van der Waals surface area contributed by atoms with E-state index in [1.54, 1.807) is 23.0 Å². The second-order valence-corrected chi connectivity index (χ2v) is 6.24. The SMILES string of the molecule is CCc1ccc([C@H]2CC(=O)Nc3c2cnn3-c2ccc(F)cc2)cc1. The minimum absolute atomic E-state index is 0.0242. The fraction of sp³-hybridized carbons (Fsp3) is 0.200. The maximum Gasteiger partial charge on any atom is 0.226 e. The predicted octanol–water partition coefficient (Wildman–Crippen LogP) is 4.05. The van der Waals surface area contributed by atoms with E-state index in [4.69, 9.17) is 0 Å². The lowest BCUT2D eigenvalue weighted by molar-refractivity contribution is -0.116. The van der Waals surface area contributed by atoms with Gasteiger partial charge in [-0.15, -0.1) is 0 Å². The van der Waals surface area contributed by atoms with Crippen molar-refractivity contribution in [3.8, 4) is 5.69 Å². The first-order valence-corrected chi connectivity index (χ1v) is 8.38. The lowest BCUT2D eigenvalue weighted by Gasteiger charge is -2.24. The predicted molar refractivity (Wildman–Crippen MR) is 94.4 cm³/mol. The number of carbonyl (C=O) groups is 1. The molecule has 4 nitrogen and oxygen atoms in total. The van der Waals surface area contributed by atoms with Gasteiger partial charge in [0.25, 0.3) is 0 Å². The molecule has 0 fully saturated rings. The molecule has 2 heterocycles. The van der Waals surface area contributed by atoms with E-state index in [-0.39, 0.29) is 17.6 Å². The molecule has 0 saturated heterocycles. The third kappa shape index (κ3) is 2.82. The minimum Gasteiger partial charge on any atom is -0.310 e. The molecule has 0 bridgehead atoms. The van der Waals surface area contributed by atoms with Crippen LogP contribution in [0.1, 0.15) is 36.0 Å². The van der Waals surface area contributed by atoms with Gasteiger partial charge in [0.05, 0.1) is 11.9 Å².